The zero-order valence-electron chi connectivity index (χ0n) is 5.81. The highest BCUT2D eigenvalue weighted by Crippen LogP contribution is 2.40. The molecule has 2 atom stereocenters. The van der Waals surface area contributed by atoms with E-state index in [4.69, 9.17) is 0 Å². The Balaban J connectivity index is 1.97. The smallest absolute Gasteiger partial charge is 0.00365 e. The van der Waals surface area contributed by atoms with Crippen LogP contribution in [0.4, 0.5) is 0 Å². The maximum absolute atomic E-state index is 2.17. The van der Waals surface area contributed by atoms with E-state index < -0.39 is 0 Å². The second-order valence-electron chi connectivity index (χ2n) is 3.31. The van der Waals surface area contributed by atoms with Gasteiger partial charge in [-0.15, -0.1) is 0 Å². The van der Waals surface area contributed by atoms with Gasteiger partial charge < -0.3 is 0 Å². The first-order valence-corrected chi connectivity index (χ1v) is 5.20. The lowest BCUT2D eigenvalue weighted by molar-refractivity contribution is 0.405. The Hall–Kier alpha value is 0.350. The summed E-state index contributed by atoms with van der Waals surface area (Å²) in [5.74, 6) is 5.20. The Kier molecular flexibility index (Phi) is 1.71. The van der Waals surface area contributed by atoms with Gasteiger partial charge in [0.2, 0.25) is 0 Å². The molecule has 2 aliphatic rings. The quantitative estimate of drug-likeness (QED) is 0.501. The minimum atomic E-state index is 1.13. The Morgan fingerprint density at radius 3 is 2.78 bits per heavy atom. The van der Waals surface area contributed by atoms with Crippen molar-refractivity contribution in [3.05, 3.63) is 0 Å². The van der Waals surface area contributed by atoms with Crippen molar-refractivity contribution in [2.45, 2.75) is 25.7 Å². The van der Waals surface area contributed by atoms with Gasteiger partial charge in [-0.1, -0.05) is 12.8 Å². The lowest BCUT2D eigenvalue weighted by Gasteiger charge is -2.23. The zero-order valence-corrected chi connectivity index (χ0v) is 6.62. The van der Waals surface area contributed by atoms with Crippen molar-refractivity contribution >= 4 is 11.8 Å². The van der Waals surface area contributed by atoms with E-state index in [1.165, 1.54) is 30.8 Å². The van der Waals surface area contributed by atoms with E-state index in [0.29, 0.717) is 0 Å². The van der Waals surface area contributed by atoms with Crippen molar-refractivity contribution < 1.29 is 0 Å². The molecule has 0 radical (unpaired) electrons. The summed E-state index contributed by atoms with van der Waals surface area (Å²) in [5, 5.41) is 0. The van der Waals surface area contributed by atoms with Crippen LogP contribution in [0.3, 0.4) is 0 Å². The monoisotopic (exact) mass is 142 g/mol. The van der Waals surface area contributed by atoms with E-state index in [2.05, 4.69) is 11.8 Å². The first kappa shape index (κ1) is 6.09. The molecule has 1 aliphatic heterocycles. The van der Waals surface area contributed by atoms with Crippen LogP contribution in [-0.4, -0.2) is 11.5 Å². The molecule has 1 heterocycles. The maximum Gasteiger partial charge on any atom is -0.00365 e. The van der Waals surface area contributed by atoms with Gasteiger partial charge in [0.15, 0.2) is 0 Å². The molecule has 9 heavy (non-hydrogen) atoms. The fraction of sp³-hybridized carbons (Fsp3) is 1.00. The lowest BCUT2D eigenvalue weighted by atomic mass is 9.95. The number of thioether (sulfide) groups is 1. The molecule has 1 saturated carbocycles. The van der Waals surface area contributed by atoms with E-state index in [0.717, 1.165) is 11.8 Å². The Labute approximate surface area is 61.4 Å². The van der Waals surface area contributed by atoms with Gasteiger partial charge in [-0.05, 0) is 36.2 Å². The second kappa shape index (κ2) is 2.53. The van der Waals surface area contributed by atoms with E-state index >= 15 is 0 Å². The molecule has 52 valence electrons. The molecule has 2 rings (SSSR count). The highest BCUT2D eigenvalue weighted by Gasteiger charge is 2.29. The minimum Gasteiger partial charge on any atom is -0.162 e. The minimum absolute atomic E-state index is 1.13. The van der Waals surface area contributed by atoms with Gasteiger partial charge in [-0.2, -0.15) is 11.8 Å². The number of hydrogen-bond acceptors (Lipinski definition) is 1. The van der Waals surface area contributed by atoms with Crippen molar-refractivity contribution in [1.82, 2.24) is 0 Å². The van der Waals surface area contributed by atoms with Gasteiger partial charge >= 0.3 is 0 Å². The predicted molar refractivity (Wildman–Crippen MR) is 42.8 cm³/mol. The van der Waals surface area contributed by atoms with Crippen LogP contribution in [0.25, 0.3) is 0 Å². The molecule has 0 amide bonds. The molecule has 0 aromatic rings. The van der Waals surface area contributed by atoms with Crippen LogP contribution in [-0.2, 0) is 0 Å². The molecule has 1 aliphatic carbocycles. The van der Waals surface area contributed by atoms with E-state index in [-0.39, 0.29) is 0 Å². The highest BCUT2D eigenvalue weighted by molar-refractivity contribution is 7.99. The lowest BCUT2D eigenvalue weighted by Crippen LogP contribution is -2.16. The van der Waals surface area contributed by atoms with Crippen molar-refractivity contribution in [1.29, 1.82) is 0 Å². The maximum atomic E-state index is 2.17. The second-order valence-corrected chi connectivity index (χ2v) is 4.46. The summed E-state index contributed by atoms with van der Waals surface area (Å²) in [7, 11) is 0. The van der Waals surface area contributed by atoms with Crippen LogP contribution in [0, 0.1) is 11.8 Å². The number of hydrogen-bond donors (Lipinski definition) is 0. The van der Waals surface area contributed by atoms with E-state index in [9.17, 15) is 0 Å². The Bertz CT molecular complexity index is 88.7. The topological polar surface area (TPSA) is 0 Å². The van der Waals surface area contributed by atoms with Crippen LogP contribution >= 0.6 is 11.8 Å². The fourth-order valence-corrected chi connectivity index (χ4v) is 3.56. The molecule has 0 spiro atoms. The molecule has 0 aromatic heterocycles. The van der Waals surface area contributed by atoms with Crippen LogP contribution in [0.2, 0.25) is 0 Å². The van der Waals surface area contributed by atoms with Crippen molar-refractivity contribution in [2.24, 2.45) is 11.8 Å². The fourth-order valence-electron chi connectivity index (χ4n) is 2.18. The number of fused-ring (bicyclic) bond motifs is 1. The normalized spacial score (nSPS) is 42.7. The summed E-state index contributed by atoms with van der Waals surface area (Å²) < 4.78 is 0. The van der Waals surface area contributed by atoms with Gasteiger partial charge in [-0.25, -0.2) is 0 Å². The summed E-state index contributed by atoms with van der Waals surface area (Å²) in [5.41, 5.74) is 0. The third kappa shape index (κ3) is 1.12. The van der Waals surface area contributed by atoms with Gasteiger partial charge in [0, 0.05) is 0 Å². The average molecular weight is 142 g/mol. The Morgan fingerprint density at radius 2 is 1.89 bits per heavy atom. The van der Waals surface area contributed by atoms with Gasteiger partial charge in [0.25, 0.3) is 0 Å². The first-order valence-electron chi connectivity index (χ1n) is 4.04. The van der Waals surface area contributed by atoms with Crippen molar-refractivity contribution in [3.63, 3.8) is 0 Å². The van der Waals surface area contributed by atoms with Crippen molar-refractivity contribution in [2.75, 3.05) is 11.5 Å². The van der Waals surface area contributed by atoms with Gasteiger partial charge in [0.1, 0.15) is 0 Å². The average Bonchev–Trinajstić information content (AvgIpc) is 2.33. The highest BCUT2D eigenvalue weighted by atomic mass is 32.2. The molecule has 0 bridgehead atoms. The molecule has 0 aromatic carbocycles. The number of rotatable bonds is 0. The molecule has 0 unspecified atom stereocenters. The zero-order chi connectivity index (χ0) is 6.10. The predicted octanol–water partition coefficient (Wildman–Crippen LogP) is 2.54. The summed E-state index contributed by atoms with van der Waals surface area (Å²) in [4.78, 5) is 0. The Morgan fingerprint density at radius 1 is 1.00 bits per heavy atom. The van der Waals surface area contributed by atoms with Crippen LogP contribution in [0.1, 0.15) is 25.7 Å². The molecule has 1 heteroatoms. The molecular formula is C8H14S. The summed E-state index contributed by atoms with van der Waals surface area (Å²) >= 11 is 2.17. The van der Waals surface area contributed by atoms with Gasteiger partial charge in [0.05, 0.1) is 0 Å². The van der Waals surface area contributed by atoms with Gasteiger partial charge in [-0.3, -0.25) is 0 Å². The molecule has 0 N–H and O–H groups in total. The van der Waals surface area contributed by atoms with Crippen LogP contribution in [0.5, 0.6) is 0 Å². The standard InChI is InChI=1S/C8H14S/c1-2-7-4-5-9-6-8(7)3-1/h7-8H,1-6H2/t7-,8+/m1/s1. The largest absolute Gasteiger partial charge is 0.162 e. The van der Waals surface area contributed by atoms with E-state index in [1.54, 1.807) is 6.42 Å². The molecular weight excluding hydrogens is 128 g/mol. The third-order valence-corrected chi connectivity index (χ3v) is 3.97. The molecule has 1 saturated heterocycles. The summed E-state index contributed by atoms with van der Waals surface area (Å²) in [6.07, 6.45) is 6.13. The summed E-state index contributed by atoms with van der Waals surface area (Å²) in [6, 6.07) is 0. The van der Waals surface area contributed by atoms with Crippen molar-refractivity contribution in [3.8, 4) is 0 Å². The summed E-state index contributed by atoms with van der Waals surface area (Å²) in [6.45, 7) is 0. The SMILES string of the molecule is C1C[C@@H]2CCSC[C@@H]2C1. The van der Waals surface area contributed by atoms with Crippen LogP contribution in [0.15, 0.2) is 0 Å². The molecule has 2 fully saturated rings. The van der Waals surface area contributed by atoms with E-state index in [1.807, 2.05) is 0 Å². The van der Waals surface area contributed by atoms with Crippen LogP contribution < -0.4 is 0 Å². The first-order chi connectivity index (χ1) is 4.47. The molecule has 0 nitrogen and oxygen atoms in total. The third-order valence-electron chi connectivity index (χ3n) is 2.78.